The Morgan fingerprint density at radius 3 is 2.09 bits per heavy atom. The van der Waals surface area contributed by atoms with Gasteiger partial charge in [-0.2, -0.15) is 0 Å². The summed E-state index contributed by atoms with van der Waals surface area (Å²) in [6.45, 7) is 1.90. The van der Waals surface area contributed by atoms with Gasteiger partial charge >= 0.3 is 0 Å². The second-order valence-electron chi connectivity index (χ2n) is 4.68. The zero-order chi connectivity index (χ0) is 16.3. The third kappa shape index (κ3) is 2.90. The van der Waals surface area contributed by atoms with Gasteiger partial charge in [-0.15, -0.1) is 0 Å². The number of benzene rings is 2. The first-order valence-electron chi connectivity index (χ1n) is 6.49. The van der Waals surface area contributed by atoms with Gasteiger partial charge < -0.3 is 9.47 Å². The molecule has 0 aliphatic rings. The fourth-order valence-corrected chi connectivity index (χ4v) is 2.06. The number of hydrogen-bond donors (Lipinski definition) is 0. The number of hydrogen-bond acceptors (Lipinski definition) is 5. The van der Waals surface area contributed by atoms with Crippen molar-refractivity contribution in [1.29, 1.82) is 0 Å². The van der Waals surface area contributed by atoms with Crippen LogP contribution in [0.2, 0.25) is 0 Å². The van der Waals surface area contributed by atoms with Gasteiger partial charge in [0.1, 0.15) is 5.56 Å². The molecule has 22 heavy (non-hydrogen) atoms. The summed E-state index contributed by atoms with van der Waals surface area (Å²) in [5, 5.41) is 11.2. The molecule has 2 rings (SSSR count). The first-order valence-corrected chi connectivity index (χ1v) is 6.49. The summed E-state index contributed by atoms with van der Waals surface area (Å²) < 4.78 is 10.2. The van der Waals surface area contributed by atoms with Crippen molar-refractivity contribution in [2.75, 3.05) is 14.2 Å². The molecule has 0 fully saturated rings. The van der Waals surface area contributed by atoms with Crippen molar-refractivity contribution in [2.45, 2.75) is 6.92 Å². The lowest BCUT2D eigenvalue weighted by molar-refractivity contribution is -0.385. The molecule has 0 spiro atoms. The Balaban J connectivity index is 2.59. The van der Waals surface area contributed by atoms with Gasteiger partial charge in [0.25, 0.3) is 5.69 Å². The molecule has 0 aliphatic heterocycles. The lowest BCUT2D eigenvalue weighted by Gasteiger charge is -2.10. The normalized spacial score (nSPS) is 10.1. The van der Waals surface area contributed by atoms with Crippen LogP contribution < -0.4 is 9.47 Å². The average Bonchev–Trinajstić information content (AvgIpc) is 2.53. The van der Waals surface area contributed by atoms with E-state index >= 15 is 0 Å². The van der Waals surface area contributed by atoms with Gasteiger partial charge in [-0.1, -0.05) is 29.8 Å². The summed E-state index contributed by atoms with van der Waals surface area (Å²) in [4.78, 5) is 23.2. The van der Waals surface area contributed by atoms with Gasteiger partial charge in [-0.3, -0.25) is 14.9 Å². The number of ether oxygens (including phenoxy) is 2. The summed E-state index contributed by atoms with van der Waals surface area (Å²) in [5.74, 6) is 0.0332. The van der Waals surface area contributed by atoms with E-state index in [4.69, 9.17) is 9.47 Å². The minimum Gasteiger partial charge on any atom is -0.493 e. The molecule has 6 nitrogen and oxygen atoms in total. The molecule has 0 heterocycles. The third-order valence-electron chi connectivity index (χ3n) is 3.26. The predicted octanol–water partition coefficient (Wildman–Crippen LogP) is 3.15. The number of ketones is 1. The largest absolute Gasteiger partial charge is 0.493 e. The highest BCUT2D eigenvalue weighted by Crippen LogP contribution is 2.35. The molecule has 0 atom stereocenters. The van der Waals surface area contributed by atoms with Crippen LogP contribution in [0, 0.1) is 17.0 Å². The number of nitrogens with zero attached hydrogens (tertiary/aromatic N) is 1. The highest BCUT2D eigenvalue weighted by atomic mass is 16.6. The Hall–Kier alpha value is -2.89. The summed E-state index contributed by atoms with van der Waals surface area (Å²) in [7, 11) is 2.78. The monoisotopic (exact) mass is 301 g/mol. The van der Waals surface area contributed by atoms with Gasteiger partial charge in [-0.25, -0.2) is 0 Å². The molecular formula is C16H15NO5. The van der Waals surface area contributed by atoms with Crippen LogP contribution in [-0.2, 0) is 0 Å². The standard InChI is InChI=1S/C16H15NO5/c1-10-4-6-11(7-5-10)16(18)12-8-14(21-2)15(22-3)9-13(12)17(19)20/h4-9H,1-3H3. The number of carbonyl (C=O) groups is 1. The maximum Gasteiger partial charge on any atom is 0.284 e. The molecule has 6 heteroatoms. The lowest BCUT2D eigenvalue weighted by atomic mass is 10.00. The maximum absolute atomic E-state index is 12.5. The average molecular weight is 301 g/mol. The topological polar surface area (TPSA) is 78.7 Å². The number of aryl methyl sites for hydroxylation is 1. The Morgan fingerprint density at radius 1 is 1.05 bits per heavy atom. The molecule has 0 amide bonds. The van der Waals surface area contributed by atoms with Gasteiger partial charge in [-0.05, 0) is 6.92 Å². The van der Waals surface area contributed by atoms with E-state index in [0.29, 0.717) is 5.56 Å². The van der Waals surface area contributed by atoms with E-state index in [1.54, 1.807) is 24.3 Å². The molecule has 0 unspecified atom stereocenters. The van der Waals surface area contributed by atoms with E-state index in [1.807, 2.05) is 6.92 Å². The fraction of sp³-hybridized carbons (Fsp3) is 0.188. The van der Waals surface area contributed by atoms with E-state index in [-0.39, 0.29) is 22.7 Å². The zero-order valence-electron chi connectivity index (χ0n) is 12.5. The summed E-state index contributed by atoms with van der Waals surface area (Å²) >= 11 is 0. The summed E-state index contributed by atoms with van der Waals surface area (Å²) in [6.07, 6.45) is 0. The minimum atomic E-state index is -0.608. The molecule has 114 valence electrons. The van der Waals surface area contributed by atoms with Crippen molar-refractivity contribution in [2.24, 2.45) is 0 Å². The van der Waals surface area contributed by atoms with Gasteiger partial charge in [0.2, 0.25) is 0 Å². The highest BCUT2D eigenvalue weighted by molar-refractivity contribution is 6.12. The van der Waals surface area contributed by atoms with E-state index in [9.17, 15) is 14.9 Å². The summed E-state index contributed by atoms with van der Waals surface area (Å²) in [5.41, 5.74) is 1.02. The number of nitro benzene ring substituents is 1. The molecule has 0 saturated carbocycles. The molecule has 2 aromatic rings. The van der Waals surface area contributed by atoms with Crippen molar-refractivity contribution in [3.63, 3.8) is 0 Å². The SMILES string of the molecule is COc1cc(C(=O)c2ccc(C)cc2)c([N+](=O)[O-])cc1OC. The molecular weight excluding hydrogens is 286 g/mol. The van der Waals surface area contributed by atoms with Gasteiger partial charge in [0, 0.05) is 11.6 Å². The van der Waals surface area contributed by atoms with Crippen LogP contribution in [0.4, 0.5) is 5.69 Å². The second-order valence-corrected chi connectivity index (χ2v) is 4.68. The Morgan fingerprint density at radius 2 is 1.59 bits per heavy atom. The second kappa shape index (κ2) is 6.26. The quantitative estimate of drug-likeness (QED) is 0.481. The molecule has 0 saturated heterocycles. The zero-order valence-corrected chi connectivity index (χ0v) is 12.5. The molecule has 0 bridgehead atoms. The Kier molecular flexibility index (Phi) is 4.41. The minimum absolute atomic E-state index is 0.0356. The van der Waals surface area contributed by atoms with Crippen molar-refractivity contribution in [3.8, 4) is 11.5 Å². The van der Waals surface area contributed by atoms with E-state index in [1.165, 1.54) is 26.4 Å². The predicted molar refractivity (Wildman–Crippen MR) is 80.8 cm³/mol. The van der Waals surface area contributed by atoms with Crippen molar-refractivity contribution in [1.82, 2.24) is 0 Å². The van der Waals surface area contributed by atoms with Crippen LogP contribution >= 0.6 is 0 Å². The number of methoxy groups -OCH3 is 2. The smallest absolute Gasteiger partial charge is 0.284 e. The van der Waals surface area contributed by atoms with Crippen LogP contribution in [0.15, 0.2) is 36.4 Å². The van der Waals surface area contributed by atoms with Gasteiger partial charge in [0.15, 0.2) is 17.3 Å². The molecule has 0 N–H and O–H groups in total. The van der Waals surface area contributed by atoms with Crippen LogP contribution in [0.25, 0.3) is 0 Å². The van der Waals surface area contributed by atoms with Crippen molar-refractivity contribution in [3.05, 3.63) is 63.2 Å². The molecule has 0 radical (unpaired) electrons. The van der Waals surface area contributed by atoms with Crippen LogP contribution in [-0.4, -0.2) is 24.9 Å². The Bertz CT molecular complexity index is 722. The van der Waals surface area contributed by atoms with Crippen LogP contribution in [0.3, 0.4) is 0 Å². The van der Waals surface area contributed by atoms with Crippen molar-refractivity contribution < 1.29 is 19.2 Å². The first-order chi connectivity index (χ1) is 10.5. The van der Waals surface area contributed by atoms with E-state index in [0.717, 1.165) is 5.56 Å². The number of carbonyl (C=O) groups excluding carboxylic acids is 1. The number of nitro groups is 1. The van der Waals surface area contributed by atoms with Gasteiger partial charge in [0.05, 0.1) is 25.2 Å². The fourth-order valence-electron chi connectivity index (χ4n) is 2.06. The molecule has 0 aromatic heterocycles. The van der Waals surface area contributed by atoms with Crippen molar-refractivity contribution >= 4 is 11.5 Å². The first kappa shape index (κ1) is 15.5. The maximum atomic E-state index is 12.5. The molecule has 0 aliphatic carbocycles. The van der Waals surface area contributed by atoms with E-state index in [2.05, 4.69) is 0 Å². The summed E-state index contributed by atoms with van der Waals surface area (Å²) in [6, 6.07) is 9.36. The molecule has 2 aromatic carbocycles. The highest BCUT2D eigenvalue weighted by Gasteiger charge is 2.25. The third-order valence-corrected chi connectivity index (χ3v) is 3.26. The lowest BCUT2D eigenvalue weighted by Crippen LogP contribution is -2.07. The van der Waals surface area contributed by atoms with E-state index < -0.39 is 10.7 Å². The van der Waals surface area contributed by atoms with Crippen LogP contribution in [0.5, 0.6) is 11.5 Å². The Labute approximate surface area is 127 Å². The number of rotatable bonds is 5. The van der Waals surface area contributed by atoms with Crippen LogP contribution in [0.1, 0.15) is 21.5 Å².